The molecular weight excluding hydrogens is 485 g/mol. The first-order chi connectivity index (χ1) is 15.8. The van der Waals surface area contributed by atoms with Crippen LogP contribution >= 0.6 is 35.0 Å². The van der Waals surface area contributed by atoms with Crippen LogP contribution in [0.4, 0.5) is 5.69 Å². The number of methoxy groups -OCH3 is 1. The smallest absolute Gasteiger partial charge is 0.251 e. The first kappa shape index (κ1) is 24.9. The van der Waals surface area contributed by atoms with Crippen LogP contribution in [0.1, 0.15) is 36.1 Å². The normalized spacial score (nSPS) is 11.7. The number of aromatic nitrogens is 3. The van der Waals surface area contributed by atoms with Crippen LogP contribution in [0.5, 0.6) is 5.75 Å². The van der Waals surface area contributed by atoms with E-state index in [4.69, 9.17) is 27.9 Å². The predicted octanol–water partition coefficient (Wildman–Crippen LogP) is 4.84. The molecule has 0 spiro atoms. The van der Waals surface area contributed by atoms with Gasteiger partial charge >= 0.3 is 0 Å². The Morgan fingerprint density at radius 2 is 1.85 bits per heavy atom. The molecule has 8 nitrogen and oxygen atoms in total. The molecule has 33 heavy (non-hydrogen) atoms. The fourth-order valence-electron chi connectivity index (χ4n) is 3.01. The molecule has 0 saturated heterocycles. The second-order valence-corrected chi connectivity index (χ2v) is 8.73. The summed E-state index contributed by atoms with van der Waals surface area (Å²) in [4.78, 5) is 24.9. The average Bonchev–Trinajstić information content (AvgIpc) is 3.23. The van der Waals surface area contributed by atoms with Crippen molar-refractivity contribution in [3.8, 4) is 5.75 Å². The van der Waals surface area contributed by atoms with Gasteiger partial charge < -0.3 is 19.9 Å². The molecule has 0 aliphatic carbocycles. The maximum Gasteiger partial charge on any atom is 0.251 e. The number of halogens is 2. The van der Waals surface area contributed by atoms with Crippen LogP contribution in [0.15, 0.2) is 47.6 Å². The zero-order chi connectivity index (χ0) is 24.0. The largest absolute Gasteiger partial charge is 0.497 e. The Hall–Kier alpha value is -2.75. The first-order valence-electron chi connectivity index (χ1n) is 10.1. The van der Waals surface area contributed by atoms with Crippen LogP contribution in [0, 0.1) is 0 Å². The SMILES string of the molecule is CCn1c(SCC(=O)Nc2ccc(Cl)c(Cl)c2)nnc1[C@H](C)NC(=O)c1ccc(OC)cc1. The molecule has 0 saturated carbocycles. The third-order valence-electron chi connectivity index (χ3n) is 4.68. The summed E-state index contributed by atoms with van der Waals surface area (Å²) in [6.07, 6.45) is 0. The van der Waals surface area contributed by atoms with Crippen molar-refractivity contribution < 1.29 is 14.3 Å². The van der Waals surface area contributed by atoms with Gasteiger partial charge in [-0.3, -0.25) is 9.59 Å². The molecule has 2 N–H and O–H groups in total. The molecule has 11 heteroatoms. The van der Waals surface area contributed by atoms with E-state index in [1.807, 2.05) is 18.4 Å². The van der Waals surface area contributed by atoms with Crippen LogP contribution in [-0.4, -0.2) is 39.4 Å². The monoisotopic (exact) mass is 507 g/mol. The number of carbonyl (C=O) groups excluding carboxylic acids is 2. The molecule has 0 aliphatic rings. The van der Waals surface area contributed by atoms with Crippen molar-refractivity contribution in [3.05, 3.63) is 63.9 Å². The van der Waals surface area contributed by atoms with Crippen molar-refractivity contribution >= 4 is 52.5 Å². The average molecular weight is 508 g/mol. The van der Waals surface area contributed by atoms with Crippen LogP contribution in [-0.2, 0) is 11.3 Å². The number of hydrogen-bond donors (Lipinski definition) is 2. The van der Waals surface area contributed by atoms with Crippen LogP contribution in [0.3, 0.4) is 0 Å². The number of anilines is 1. The molecule has 0 fully saturated rings. The van der Waals surface area contributed by atoms with Gasteiger partial charge in [0.05, 0.1) is 28.9 Å². The summed E-state index contributed by atoms with van der Waals surface area (Å²) in [6.45, 7) is 4.37. The minimum absolute atomic E-state index is 0.130. The summed E-state index contributed by atoms with van der Waals surface area (Å²) in [5.41, 5.74) is 1.07. The highest BCUT2D eigenvalue weighted by atomic mass is 35.5. The first-order valence-corrected chi connectivity index (χ1v) is 11.8. The second kappa shape index (κ2) is 11.4. The number of nitrogens with zero attached hydrogens (tertiary/aromatic N) is 3. The molecule has 3 rings (SSSR count). The minimum Gasteiger partial charge on any atom is -0.497 e. The lowest BCUT2D eigenvalue weighted by atomic mass is 10.2. The van der Waals surface area contributed by atoms with Crippen molar-refractivity contribution in [2.24, 2.45) is 0 Å². The Morgan fingerprint density at radius 3 is 2.48 bits per heavy atom. The Kier molecular flexibility index (Phi) is 8.60. The Labute approximate surface area is 206 Å². The van der Waals surface area contributed by atoms with E-state index in [-0.39, 0.29) is 23.6 Å². The van der Waals surface area contributed by atoms with E-state index in [0.29, 0.717) is 44.6 Å². The maximum absolute atomic E-state index is 12.6. The molecular formula is C22H23Cl2N5O3S. The van der Waals surface area contributed by atoms with Gasteiger partial charge in [-0.2, -0.15) is 0 Å². The van der Waals surface area contributed by atoms with Crippen molar-refractivity contribution in [2.75, 3.05) is 18.2 Å². The number of ether oxygens (including phenoxy) is 1. The van der Waals surface area contributed by atoms with Gasteiger partial charge in [-0.25, -0.2) is 0 Å². The number of rotatable bonds is 9. The van der Waals surface area contributed by atoms with Crippen LogP contribution in [0.25, 0.3) is 0 Å². The molecule has 2 aromatic carbocycles. The van der Waals surface area contributed by atoms with Gasteiger partial charge in [-0.1, -0.05) is 35.0 Å². The van der Waals surface area contributed by atoms with Gasteiger partial charge in [0.2, 0.25) is 5.91 Å². The van der Waals surface area contributed by atoms with Crippen LogP contribution < -0.4 is 15.4 Å². The van der Waals surface area contributed by atoms with E-state index in [1.54, 1.807) is 49.6 Å². The van der Waals surface area contributed by atoms with E-state index >= 15 is 0 Å². The van der Waals surface area contributed by atoms with E-state index < -0.39 is 0 Å². The van der Waals surface area contributed by atoms with Crippen molar-refractivity contribution in [3.63, 3.8) is 0 Å². The van der Waals surface area contributed by atoms with Crippen molar-refractivity contribution in [2.45, 2.75) is 31.6 Å². The lowest BCUT2D eigenvalue weighted by Crippen LogP contribution is -2.28. The number of thioether (sulfide) groups is 1. The summed E-state index contributed by atoms with van der Waals surface area (Å²) in [7, 11) is 1.57. The summed E-state index contributed by atoms with van der Waals surface area (Å²) < 4.78 is 6.99. The standard InChI is InChI=1S/C22H23Cl2N5O3S/c1-4-29-20(13(2)25-21(31)14-5-8-16(32-3)9-6-14)27-28-22(29)33-12-19(30)26-15-7-10-17(23)18(24)11-15/h5-11,13H,4,12H2,1-3H3,(H,25,31)(H,26,30)/t13-/m0/s1. The Bertz CT molecular complexity index is 1140. The van der Waals surface area contributed by atoms with E-state index in [1.165, 1.54) is 11.8 Å². The third kappa shape index (κ3) is 6.40. The highest BCUT2D eigenvalue weighted by Gasteiger charge is 2.20. The summed E-state index contributed by atoms with van der Waals surface area (Å²) >= 11 is 13.1. The molecule has 1 heterocycles. The molecule has 0 aliphatic heterocycles. The van der Waals surface area contributed by atoms with E-state index in [0.717, 1.165) is 0 Å². The predicted molar refractivity (Wildman–Crippen MR) is 130 cm³/mol. The molecule has 3 aromatic rings. The molecule has 1 aromatic heterocycles. The zero-order valence-corrected chi connectivity index (χ0v) is 20.6. The van der Waals surface area contributed by atoms with Crippen LogP contribution in [0.2, 0.25) is 10.0 Å². The molecule has 1 atom stereocenters. The fourth-order valence-corrected chi connectivity index (χ4v) is 4.12. The molecule has 0 bridgehead atoms. The topological polar surface area (TPSA) is 98.1 Å². The highest BCUT2D eigenvalue weighted by molar-refractivity contribution is 7.99. The number of carbonyl (C=O) groups is 2. The third-order valence-corrected chi connectivity index (χ3v) is 6.39. The summed E-state index contributed by atoms with van der Waals surface area (Å²) in [5.74, 6) is 0.963. The number of nitrogens with one attached hydrogen (secondary N) is 2. The Balaban J connectivity index is 1.61. The van der Waals surface area contributed by atoms with Gasteiger partial charge in [-0.15, -0.1) is 10.2 Å². The van der Waals surface area contributed by atoms with Gasteiger partial charge in [0, 0.05) is 17.8 Å². The molecule has 0 radical (unpaired) electrons. The molecule has 174 valence electrons. The number of hydrogen-bond acceptors (Lipinski definition) is 6. The number of amides is 2. The lowest BCUT2D eigenvalue weighted by Gasteiger charge is -2.15. The van der Waals surface area contributed by atoms with Gasteiger partial charge in [0.15, 0.2) is 11.0 Å². The van der Waals surface area contributed by atoms with E-state index in [2.05, 4.69) is 20.8 Å². The second-order valence-electron chi connectivity index (χ2n) is 6.97. The lowest BCUT2D eigenvalue weighted by molar-refractivity contribution is -0.113. The minimum atomic E-state index is -0.383. The van der Waals surface area contributed by atoms with Crippen molar-refractivity contribution in [1.29, 1.82) is 0 Å². The molecule has 2 amide bonds. The van der Waals surface area contributed by atoms with Gasteiger partial charge in [-0.05, 0) is 56.3 Å². The van der Waals surface area contributed by atoms with Crippen molar-refractivity contribution in [1.82, 2.24) is 20.1 Å². The summed E-state index contributed by atoms with van der Waals surface area (Å²) in [6, 6.07) is 11.3. The fraction of sp³-hybridized carbons (Fsp3) is 0.273. The maximum atomic E-state index is 12.6. The Morgan fingerprint density at radius 1 is 1.12 bits per heavy atom. The zero-order valence-electron chi connectivity index (χ0n) is 18.3. The van der Waals surface area contributed by atoms with Gasteiger partial charge in [0.1, 0.15) is 5.75 Å². The van der Waals surface area contributed by atoms with E-state index in [9.17, 15) is 9.59 Å². The quantitative estimate of drug-likeness (QED) is 0.402. The molecule has 0 unspecified atom stereocenters. The highest BCUT2D eigenvalue weighted by Crippen LogP contribution is 2.26. The number of benzene rings is 2. The van der Waals surface area contributed by atoms with Gasteiger partial charge in [0.25, 0.3) is 5.91 Å². The summed E-state index contributed by atoms with van der Waals surface area (Å²) in [5, 5.41) is 15.5.